The lowest BCUT2D eigenvalue weighted by molar-refractivity contribution is 0.0952. The van der Waals surface area contributed by atoms with E-state index in [9.17, 15) is 4.79 Å². The lowest BCUT2D eigenvalue weighted by atomic mass is 10.1. The highest BCUT2D eigenvalue weighted by Gasteiger charge is 2.17. The zero-order valence-electron chi connectivity index (χ0n) is 9.58. The van der Waals surface area contributed by atoms with Crippen LogP contribution in [0.2, 0.25) is 0 Å². The first-order chi connectivity index (χ1) is 7.79. The third-order valence-electron chi connectivity index (χ3n) is 2.45. The van der Waals surface area contributed by atoms with Gasteiger partial charge in [0.15, 0.2) is 5.78 Å². The van der Waals surface area contributed by atoms with Crippen LogP contribution in [0, 0.1) is 0 Å². The summed E-state index contributed by atoms with van der Waals surface area (Å²) in [6.45, 7) is 2.96. The molecule has 88 valence electrons. The molecule has 0 aliphatic rings. The number of unbranched alkanes of at least 4 members (excludes halogenated alkanes) is 1. The van der Waals surface area contributed by atoms with Crippen molar-refractivity contribution < 1.29 is 4.79 Å². The number of hydrogen-bond donors (Lipinski definition) is 1. The fourth-order valence-electron chi connectivity index (χ4n) is 1.47. The summed E-state index contributed by atoms with van der Waals surface area (Å²) >= 11 is 5.81. The van der Waals surface area contributed by atoms with Crippen LogP contribution in [0.1, 0.15) is 30.1 Å². The molecule has 0 heterocycles. The van der Waals surface area contributed by atoms with Gasteiger partial charge in [-0.2, -0.15) is 0 Å². The van der Waals surface area contributed by atoms with Gasteiger partial charge in [0.25, 0.3) is 0 Å². The Kier molecular flexibility index (Phi) is 6.12. The van der Waals surface area contributed by atoms with E-state index in [2.05, 4.69) is 12.2 Å². The molecule has 1 atom stereocenters. The van der Waals surface area contributed by atoms with Crippen molar-refractivity contribution in [3.8, 4) is 0 Å². The maximum absolute atomic E-state index is 12.0. The van der Waals surface area contributed by atoms with E-state index in [1.54, 1.807) is 0 Å². The van der Waals surface area contributed by atoms with Crippen molar-refractivity contribution in [2.75, 3.05) is 12.4 Å². The molecule has 2 nitrogen and oxygen atoms in total. The molecule has 1 unspecified atom stereocenters. The van der Waals surface area contributed by atoms with E-state index in [1.165, 1.54) is 0 Å². The van der Waals surface area contributed by atoms with Crippen molar-refractivity contribution in [1.29, 1.82) is 0 Å². The van der Waals surface area contributed by atoms with Crippen molar-refractivity contribution in [2.24, 2.45) is 0 Å². The number of hydrogen-bond acceptors (Lipinski definition) is 2. The van der Waals surface area contributed by atoms with Crippen LogP contribution < -0.4 is 5.32 Å². The number of nitrogens with one attached hydrogen (secondary N) is 1. The van der Waals surface area contributed by atoms with Crippen molar-refractivity contribution >= 4 is 17.4 Å². The van der Waals surface area contributed by atoms with Gasteiger partial charge in [-0.05, 0) is 13.0 Å². The summed E-state index contributed by atoms with van der Waals surface area (Å²) in [4.78, 5) is 12.0. The molecule has 0 saturated heterocycles. The summed E-state index contributed by atoms with van der Waals surface area (Å²) in [7, 11) is 0. The summed E-state index contributed by atoms with van der Waals surface area (Å²) in [6.07, 6.45) is 2.18. The van der Waals surface area contributed by atoms with Crippen LogP contribution >= 0.6 is 11.6 Å². The van der Waals surface area contributed by atoms with Crippen LogP contribution in [-0.2, 0) is 0 Å². The highest BCUT2D eigenvalue weighted by Crippen LogP contribution is 2.05. The largest absolute Gasteiger partial charge is 0.306 e. The molecule has 0 aromatic heterocycles. The number of carbonyl (C=O) groups is 1. The molecule has 0 bridgehead atoms. The fraction of sp³-hybridized carbons (Fsp3) is 0.462. The second-order valence-electron chi connectivity index (χ2n) is 3.74. The molecular formula is C13H18ClNO. The van der Waals surface area contributed by atoms with Crippen LogP contribution in [0.3, 0.4) is 0 Å². The third-order valence-corrected chi connectivity index (χ3v) is 2.76. The minimum atomic E-state index is -0.268. The average Bonchev–Trinajstić information content (AvgIpc) is 2.35. The molecule has 0 amide bonds. The van der Waals surface area contributed by atoms with Crippen molar-refractivity contribution in [1.82, 2.24) is 5.32 Å². The van der Waals surface area contributed by atoms with Crippen LogP contribution in [0.15, 0.2) is 30.3 Å². The minimum Gasteiger partial charge on any atom is -0.306 e. The van der Waals surface area contributed by atoms with Crippen molar-refractivity contribution in [3.63, 3.8) is 0 Å². The Labute approximate surface area is 102 Å². The van der Waals surface area contributed by atoms with Gasteiger partial charge in [-0.15, -0.1) is 11.6 Å². The maximum atomic E-state index is 12.0. The summed E-state index contributed by atoms with van der Waals surface area (Å²) in [5.41, 5.74) is 0.720. The Morgan fingerprint density at radius 2 is 2.06 bits per heavy atom. The summed E-state index contributed by atoms with van der Waals surface area (Å²) < 4.78 is 0. The second kappa shape index (κ2) is 7.42. The van der Waals surface area contributed by atoms with Gasteiger partial charge < -0.3 is 5.32 Å². The van der Waals surface area contributed by atoms with Gasteiger partial charge in [-0.25, -0.2) is 0 Å². The van der Waals surface area contributed by atoms with Crippen molar-refractivity contribution in [2.45, 2.75) is 25.8 Å². The first kappa shape index (κ1) is 13.2. The Bertz CT molecular complexity index is 313. The predicted octanol–water partition coefficient (Wildman–Crippen LogP) is 2.87. The monoisotopic (exact) mass is 239 g/mol. The maximum Gasteiger partial charge on any atom is 0.180 e. The van der Waals surface area contributed by atoms with E-state index in [1.807, 2.05) is 30.3 Å². The molecule has 0 aliphatic heterocycles. The summed E-state index contributed by atoms with van der Waals surface area (Å²) in [5, 5.41) is 3.19. The standard InChI is InChI=1S/C13H18ClNO/c1-2-3-9-15-12(10-14)13(16)11-7-5-4-6-8-11/h4-8,12,15H,2-3,9-10H2,1H3. The number of Topliss-reactive ketones (excluding diaryl/α,β-unsaturated/α-hetero) is 1. The van der Waals surface area contributed by atoms with Crippen molar-refractivity contribution in [3.05, 3.63) is 35.9 Å². The molecule has 0 aliphatic carbocycles. The first-order valence-corrected chi connectivity index (χ1v) is 6.21. The zero-order valence-corrected chi connectivity index (χ0v) is 10.3. The van der Waals surface area contributed by atoms with Crippen LogP contribution in [0.25, 0.3) is 0 Å². The van der Waals surface area contributed by atoms with E-state index in [0.29, 0.717) is 5.88 Å². The van der Waals surface area contributed by atoms with Crippen LogP contribution in [0.5, 0.6) is 0 Å². The summed E-state index contributed by atoms with van der Waals surface area (Å²) in [5.74, 6) is 0.393. The average molecular weight is 240 g/mol. The van der Waals surface area contributed by atoms with Gasteiger partial charge >= 0.3 is 0 Å². The van der Waals surface area contributed by atoms with E-state index in [0.717, 1.165) is 24.9 Å². The molecule has 1 aromatic carbocycles. The normalized spacial score (nSPS) is 12.4. The Morgan fingerprint density at radius 1 is 1.38 bits per heavy atom. The lowest BCUT2D eigenvalue weighted by Crippen LogP contribution is -2.38. The molecule has 16 heavy (non-hydrogen) atoms. The first-order valence-electron chi connectivity index (χ1n) is 5.68. The predicted molar refractivity (Wildman–Crippen MR) is 68.2 cm³/mol. The van der Waals surface area contributed by atoms with Gasteiger partial charge in [0, 0.05) is 11.4 Å². The minimum absolute atomic E-state index is 0.0757. The van der Waals surface area contributed by atoms with Gasteiger partial charge in [-0.1, -0.05) is 43.7 Å². The van der Waals surface area contributed by atoms with E-state index < -0.39 is 0 Å². The molecule has 0 fully saturated rings. The highest BCUT2D eigenvalue weighted by molar-refractivity contribution is 6.21. The SMILES string of the molecule is CCCCNC(CCl)C(=O)c1ccccc1. The summed E-state index contributed by atoms with van der Waals surface area (Å²) in [6, 6.07) is 9.01. The molecule has 0 saturated carbocycles. The topological polar surface area (TPSA) is 29.1 Å². The number of ketones is 1. The Morgan fingerprint density at radius 3 is 2.62 bits per heavy atom. The quantitative estimate of drug-likeness (QED) is 0.450. The van der Waals surface area contributed by atoms with E-state index in [-0.39, 0.29) is 11.8 Å². The fourth-order valence-corrected chi connectivity index (χ4v) is 1.72. The number of halogens is 1. The van der Waals surface area contributed by atoms with Crippen LogP contribution in [0.4, 0.5) is 0 Å². The lowest BCUT2D eigenvalue weighted by Gasteiger charge is -2.14. The highest BCUT2D eigenvalue weighted by atomic mass is 35.5. The molecular weight excluding hydrogens is 222 g/mol. The smallest absolute Gasteiger partial charge is 0.180 e. The number of carbonyl (C=O) groups excluding carboxylic acids is 1. The molecule has 0 spiro atoms. The molecule has 3 heteroatoms. The van der Waals surface area contributed by atoms with Gasteiger partial charge in [0.2, 0.25) is 0 Å². The molecule has 1 aromatic rings. The van der Waals surface area contributed by atoms with Gasteiger partial charge in [0.1, 0.15) is 0 Å². The number of alkyl halides is 1. The molecule has 1 N–H and O–H groups in total. The second-order valence-corrected chi connectivity index (χ2v) is 4.05. The third kappa shape index (κ3) is 3.95. The van der Waals surface area contributed by atoms with Gasteiger partial charge in [0.05, 0.1) is 6.04 Å². The molecule has 0 radical (unpaired) electrons. The Balaban J connectivity index is 2.56. The van der Waals surface area contributed by atoms with E-state index in [4.69, 9.17) is 11.6 Å². The number of rotatable bonds is 7. The number of benzene rings is 1. The Hall–Kier alpha value is -0.860. The molecule has 1 rings (SSSR count). The van der Waals surface area contributed by atoms with Gasteiger partial charge in [-0.3, -0.25) is 4.79 Å². The van der Waals surface area contributed by atoms with Crippen LogP contribution in [-0.4, -0.2) is 24.2 Å². The van der Waals surface area contributed by atoms with E-state index >= 15 is 0 Å². The zero-order chi connectivity index (χ0) is 11.8.